The van der Waals surface area contributed by atoms with Gasteiger partial charge in [0.15, 0.2) is 6.10 Å². The normalized spacial score (nSPS) is 12.7. The summed E-state index contributed by atoms with van der Waals surface area (Å²) >= 11 is 5.98. The number of amides is 4. The number of hydrogen-bond acceptors (Lipinski definition) is 5. The lowest BCUT2D eigenvalue weighted by atomic mass is 10.0. The molecule has 142 valence electrons. The van der Waals surface area contributed by atoms with Crippen LogP contribution in [0, 0.1) is 5.92 Å². The van der Waals surface area contributed by atoms with Crippen molar-refractivity contribution in [1.82, 2.24) is 16.0 Å². The molecule has 0 bridgehead atoms. The molecule has 1 rings (SSSR count). The van der Waals surface area contributed by atoms with E-state index in [0.29, 0.717) is 0 Å². The number of urea groups is 1. The van der Waals surface area contributed by atoms with Crippen LogP contribution in [-0.4, -0.2) is 43.0 Å². The molecular weight excluding hydrogens is 362 g/mol. The number of hydrogen-bond donors (Lipinski definition) is 3. The van der Waals surface area contributed by atoms with Crippen molar-refractivity contribution in [3.05, 3.63) is 34.9 Å². The second kappa shape index (κ2) is 9.76. The molecule has 0 heterocycles. The zero-order chi connectivity index (χ0) is 19.9. The van der Waals surface area contributed by atoms with Crippen LogP contribution in [-0.2, 0) is 14.3 Å². The van der Waals surface area contributed by atoms with Crippen LogP contribution in [0.3, 0.4) is 0 Å². The number of ether oxygens (including phenoxy) is 1. The number of esters is 1. The van der Waals surface area contributed by atoms with E-state index < -0.39 is 36.0 Å². The third kappa shape index (κ3) is 6.03. The monoisotopic (exact) mass is 383 g/mol. The maximum absolute atomic E-state index is 12.4. The highest BCUT2D eigenvalue weighted by molar-refractivity contribution is 6.33. The Morgan fingerprint density at radius 3 is 2.23 bits per heavy atom. The molecule has 0 aliphatic carbocycles. The second-order valence-corrected chi connectivity index (χ2v) is 6.23. The number of carbonyl (C=O) groups excluding carboxylic acids is 4. The average Bonchev–Trinajstić information content (AvgIpc) is 2.58. The van der Waals surface area contributed by atoms with Crippen LogP contribution >= 0.6 is 11.6 Å². The summed E-state index contributed by atoms with van der Waals surface area (Å²) in [5.41, 5.74) is 0.220. The third-order valence-corrected chi connectivity index (χ3v) is 3.78. The first kappa shape index (κ1) is 21.4. The molecule has 26 heavy (non-hydrogen) atoms. The van der Waals surface area contributed by atoms with E-state index in [1.165, 1.54) is 20.0 Å². The summed E-state index contributed by atoms with van der Waals surface area (Å²) < 4.78 is 5.07. The Morgan fingerprint density at radius 1 is 1.08 bits per heavy atom. The lowest BCUT2D eigenvalue weighted by Gasteiger charge is -2.23. The molecule has 0 unspecified atom stereocenters. The molecule has 0 aliphatic rings. The Kier molecular flexibility index (Phi) is 8.05. The smallest absolute Gasteiger partial charge is 0.329 e. The molecular formula is C17H22ClN3O5. The highest BCUT2D eigenvalue weighted by Crippen LogP contribution is 2.16. The fraction of sp³-hybridized carbons (Fsp3) is 0.412. The minimum Gasteiger partial charge on any atom is -0.451 e. The Morgan fingerprint density at radius 2 is 1.69 bits per heavy atom. The summed E-state index contributed by atoms with van der Waals surface area (Å²) in [5, 5.41) is 7.03. The van der Waals surface area contributed by atoms with E-state index in [2.05, 4.69) is 10.6 Å². The van der Waals surface area contributed by atoms with Crippen molar-refractivity contribution in [3.63, 3.8) is 0 Å². The van der Waals surface area contributed by atoms with E-state index in [4.69, 9.17) is 16.3 Å². The van der Waals surface area contributed by atoms with Crippen LogP contribution in [0.15, 0.2) is 24.3 Å². The van der Waals surface area contributed by atoms with Crippen LogP contribution in [0.1, 0.15) is 31.1 Å². The summed E-state index contributed by atoms with van der Waals surface area (Å²) in [6, 6.07) is 4.71. The van der Waals surface area contributed by atoms with Crippen molar-refractivity contribution in [2.45, 2.75) is 32.9 Å². The number of carbonyl (C=O) groups is 4. The van der Waals surface area contributed by atoms with Crippen LogP contribution < -0.4 is 16.0 Å². The molecule has 9 heteroatoms. The molecule has 8 nitrogen and oxygen atoms in total. The fourth-order valence-corrected chi connectivity index (χ4v) is 2.16. The maximum atomic E-state index is 12.4. The van der Waals surface area contributed by atoms with Gasteiger partial charge in [-0.2, -0.15) is 0 Å². The molecule has 3 N–H and O–H groups in total. The molecule has 4 amide bonds. The van der Waals surface area contributed by atoms with E-state index in [9.17, 15) is 19.2 Å². The van der Waals surface area contributed by atoms with Gasteiger partial charge in [-0.3, -0.25) is 14.9 Å². The Labute approximate surface area is 156 Å². The second-order valence-electron chi connectivity index (χ2n) is 5.82. The molecule has 1 aromatic carbocycles. The first-order valence-corrected chi connectivity index (χ1v) is 8.33. The van der Waals surface area contributed by atoms with Crippen molar-refractivity contribution in [2.24, 2.45) is 5.92 Å². The van der Waals surface area contributed by atoms with Gasteiger partial charge in [-0.1, -0.05) is 37.6 Å². The average molecular weight is 384 g/mol. The van der Waals surface area contributed by atoms with Crippen molar-refractivity contribution in [2.75, 3.05) is 7.05 Å². The minimum absolute atomic E-state index is 0.220. The van der Waals surface area contributed by atoms with Gasteiger partial charge in [-0.05, 0) is 25.0 Å². The molecule has 0 saturated heterocycles. The van der Waals surface area contributed by atoms with E-state index in [1.807, 2.05) is 5.32 Å². The number of rotatable bonds is 6. The van der Waals surface area contributed by atoms with Crippen LogP contribution in [0.5, 0.6) is 0 Å². The van der Waals surface area contributed by atoms with Crippen molar-refractivity contribution in [1.29, 1.82) is 0 Å². The Bertz CT molecular complexity index is 693. The molecule has 0 fully saturated rings. The number of benzene rings is 1. The van der Waals surface area contributed by atoms with Crippen molar-refractivity contribution < 1.29 is 23.9 Å². The first-order valence-electron chi connectivity index (χ1n) is 7.95. The molecule has 0 aliphatic heterocycles. The topological polar surface area (TPSA) is 114 Å². The quantitative estimate of drug-likeness (QED) is 0.644. The van der Waals surface area contributed by atoms with Gasteiger partial charge in [0.2, 0.25) is 0 Å². The van der Waals surface area contributed by atoms with Gasteiger partial charge in [0.1, 0.15) is 6.04 Å². The van der Waals surface area contributed by atoms with Gasteiger partial charge in [-0.25, -0.2) is 9.59 Å². The predicted molar refractivity (Wildman–Crippen MR) is 95.7 cm³/mol. The molecule has 0 aromatic heterocycles. The number of imide groups is 1. The lowest BCUT2D eigenvalue weighted by molar-refractivity contribution is -0.157. The zero-order valence-electron chi connectivity index (χ0n) is 15.0. The van der Waals surface area contributed by atoms with Gasteiger partial charge < -0.3 is 15.4 Å². The summed E-state index contributed by atoms with van der Waals surface area (Å²) in [6.07, 6.45) is -1.21. The lowest BCUT2D eigenvalue weighted by Crippen LogP contribution is -2.49. The Balaban J connectivity index is 2.78. The predicted octanol–water partition coefficient (Wildman–Crippen LogP) is 1.48. The molecule has 0 saturated carbocycles. The molecule has 0 spiro atoms. The van der Waals surface area contributed by atoms with Crippen LogP contribution in [0.2, 0.25) is 5.02 Å². The van der Waals surface area contributed by atoms with E-state index in [-0.39, 0.29) is 16.5 Å². The highest BCUT2D eigenvalue weighted by Gasteiger charge is 2.30. The molecule has 1 aromatic rings. The summed E-state index contributed by atoms with van der Waals surface area (Å²) in [7, 11) is 1.35. The van der Waals surface area contributed by atoms with Gasteiger partial charge in [0.05, 0.1) is 10.6 Å². The van der Waals surface area contributed by atoms with Gasteiger partial charge in [0, 0.05) is 7.05 Å². The third-order valence-electron chi connectivity index (χ3n) is 3.45. The van der Waals surface area contributed by atoms with Gasteiger partial charge in [0.25, 0.3) is 11.8 Å². The van der Waals surface area contributed by atoms with Gasteiger partial charge >= 0.3 is 12.0 Å². The number of nitrogens with one attached hydrogen (secondary N) is 3. The number of halogens is 1. The highest BCUT2D eigenvalue weighted by atomic mass is 35.5. The molecule has 0 radical (unpaired) electrons. The minimum atomic E-state index is -1.21. The Hall–Kier alpha value is -2.61. The van der Waals surface area contributed by atoms with Crippen molar-refractivity contribution >= 4 is 35.4 Å². The zero-order valence-corrected chi connectivity index (χ0v) is 15.7. The van der Waals surface area contributed by atoms with Crippen molar-refractivity contribution in [3.8, 4) is 0 Å². The van der Waals surface area contributed by atoms with E-state index >= 15 is 0 Å². The maximum Gasteiger partial charge on any atom is 0.329 e. The summed E-state index contributed by atoms with van der Waals surface area (Å²) in [6.45, 7) is 4.76. The first-order chi connectivity index (χ1) is 12.2. The van der Waals surface area contributed by atoms with Crippen LogP contribution in [0.25, 0.3) is 0 Å². The summed E-state index contributed by atoms with van der Waals surface area (Å²) in [4.78, 5) is 47.6. The summed E-state index contributed by atoms with van der Waals surface area (Å²) in [5.74, 6) is -2.41. The SMILES string of the molecule is CNC(=O)NC(=O)[C@H](C)OC(=O)[C@@H](NC(=O)c1ccccc1Cl)C(C)C. The fourth-order valence-electron chi connectivity index (χ4n) is 1.94. The van der Waals surface area contributed by atoms with E-state index in [0.717, 1.165) is 0 Å². The largest absolute Gasteiger partial charge is 0.451 e. The van der Waals surface area contributed by atoms with Gasteiger partial charge in [-0.15, -0.1) is 0 Å². The standard InChI is InChI=1S/C17H22ClN3O5/c1-9(2)13(20-15(23)11-7-5-6-8-12(11)18)16(24)26-10(3)14(22)21-17(25)19-4/h5-10,13H,1-4H3,(H,20,23)(H2,19,21,22,25)/t10-,13-/m0/s1. The van der Waals surface area contributed by atoms with Crippen LogP contribution in [0.4, 0.5) is 4.79 Å². The molecule has 2 atom stereocenters. The van der Waals surface area contributed by atoms with E-state index in [1.54, 1.807) is 32.0 Å².